The Morgan fingerprint density at radius 3 is 2.32 bits per heavy atom. The minimum atomic E-state index is 0.0193. The van der Waals surface area contributed by atoms with Gasteiger partial charge in [-0.25, -0.2) is 4.98 Å². The molecule has 28 heavy (non-hydrogen) atoms. The van der Waals surface area contributed by atoms with Gasteiger partial charge in [-0.15, -0.1) is 11.3 Å². The van der Waals surface area contributed by atoms with Crippen LogP contribution in [0.2, 0.25) is 0 Å². The standard InChI is InChI=1S/C24H21N3S/c1-24(2,3)17-12-19(16-10-8-15(14-25)9-11-16)22-21(13-17)28-23(27-22)18-6-4-5-7-20(18)26/h4-13H,26H2,1-3H3. The highest BCUT2D eigenvalue weighted by Crippen LogP contribution is 2.40. The van der Waals surface area contributed by atoms with Crippen molar-refractivity contribution in [1.29, 1.82) is 5.26 Å². The second kappa shape index (κ2) is 6.78. The van der Waals surface area contributed by atoms with Crippen LogP contribution in [-0.2, 0) is 5.41 Å². The summed E-state index contributed by atoms with van der Waals surface area (Å²) in [5, 5.41) is 10.0. The highest BCUT2D eigenvalue weighted by molar-refractivity contribution is 7.21. The summed E-state index contributed by atoms with van der Waals surface area (Å²) in [4.78, 5) is 4.96. The number of aromatic nitrogens is 1. The summed E-state index contributed by atoms with van der Waals surface area (Å²) in [6.45, 7) is 6.65. The molecule has 138 valence electrons. The fourth-order valence-electron chi connectivity index (χ4n) is 3.21. The first-order chi connectivity index (χ1) is 13.4. The number of anilines is 1. The van der Waals surface area contributed by atoms with Gasteiger partial charge in [0.05, 0.1) is 21.8 Å². The average molecular weight is 384 g/mol. The Hall–Kier alpha value is -3.16. The van der Waals surface area contributed by atoms with Gasteiger partial charge in [0, 0.05) is 16.8 Å². The van der Waals surface area contributed by atoms with Crippen LogP contribution in [0.4, 0.5) is 5.69 Å². The fourth-order valence-corrected chi connectivity index (χ4v) is 4.29. The first kappa shape index (κ1) is 18.2. The van der Waals surface area contributed by atoms with Gasteiger partial charge in [0.15, 0.2) is 0 Å². The van der Waals surface area contributed by atoms with Crippen LogP contribution in [-0.4, -0.2) is 4.98 Å². The summed E-state index contributed by atoms with van der Waals surface area (Å²) in [5.41, 5.74) is 12.9. The monoisotopic (exact) mass is 383 g/mol. The first-order valence-corrected chi connectivity index (χ1v) is 9.99. The van der Waals surface area contributed by atoms with Gasteiger partial charge in [-0.2, -0.15) is 5.26 Å². The highest BCUT2D eigenvalue weighted by Gasteiger charge is 2.20. The van der Waals surface area contributed by atoms with Gasteiger partial charge in [-0.1, -0.05) is 45.0 Å². The van der Waals surface area contributed by atoms with Crippen LogP contribution in [0.25, 0.3) is 31.9 Å². The van der Waals surface area contributed by atoms with Crippen LogP contribution in [0, 0.1) is 11.3 Å². The maximum absolute atomic E-state index is 9.10. The zero-order chi connectivity index (χ0) is 19.9. The van der Waals surface area contributed by atoms with E-state index in [0.717, 1.165) is 37.6 Å². The molecule has 0 saturated heterocycles. The van der Waals surface area contributed by atoms with Crippen LogP contribution in [0.1, 0.15) is 31.9 Å². The Morgan fingerprint density at radius 1 is 0.964 bits per heavy atom. The molecular formula is C24H21N3S. The number of thiazole rings is 1. The summed E-state index contributed by atoms with van der Waals surface area (Å²) in [7, 11) is 0. The van der Waals surface area contributed by atoms with Crippen LogP contribution in [0.15, 0.2) is 60.7 Å². The molecule has 1 heterocycles. The number of hydrogen-bond acceptors (Lipinski definition) is 4. The Morgan fingerprint density at radius 2 is 1.68 bits per heavy atom. The van der Waals surface area contributed by atoms with E-state index in [1.54, 1.807) is 11.3 Å². The maximum Gasteiger partial charge on any atom is 0.126 e. The summed E-state index contributed by atoms with van der Waals surface area (Å²) < 4.78 is 1.14. The summed E-state index contributed by atoms with van der Waals surface area (Å²) in [6, 6.07) is 22.2. The molecule has 0 saturated carbocycles. The molecule has 4 aromatic rings. The second-order valence-electron chi connectivity index (χ2n) is 7.92. The lowest BCUT2D eigenvalue weighted by Crippen LogP contribution is -2.11. The third kappa shape index (κ3) is 3.26. The zero-order valence-corrected chi connectivity index (χ0v) is 17.0. The maximum atomic E-state index is 9.10. The molecule has 0 atom stereocenters. The molecule has 0 aliphatic rings. The van der Waals surface area contributed by atoms with E-state index in [1.807, 2.05) is 48.5 Å². The number of para-hydroxylation sites is 1. The summed E-state index contributed by atoms with van der Waals surface area (Å²) in [6.07, 6.45) is 0. The third-order valence-electron chi connectivity index (χ3n) is 4.88. The van der Waals surface area contributed by atoms with Gasteiger partial charge in [0.1, 0.15) is 5.01 Å². The average Bonchev–Trinajstić information content (AvgIpc) is 3.11. The lowest BCUT2D eigenvalue weighted by atomic mass is 9.85. The molecule has 0 spiro atoms. The smallest absolute Gasteiger partial charge is 0.126 e. The van der Waals surface area contributed by atoms with Crippen molar-refractivity contribution in [2.24, 2.45) is 0 Å². The minimum absolute atomic E-state index is 0.0193. The largest absolute Gasteiger partial charge is 0.398 e. The molecule has 0 aliphatic heterocycles. The van der Waals surface area contributed by atoms with Crippen molar-refractivity contribution in [3.8, 4) is 27.8 Å². The minimum Gasteiger partial charge on any atom is -0.398 e. The molecule has 4 rings (SSSR count). The molecule has 1 aromatic heterocycles. The van der Waals surface area contributed by atoms with Gasteiger partial charge < -0.3 is 5.73 Å². The third-order valence-corrected chi connectivity index (χ3v) is 5.91. The van der Waals surface area contributed by atoms with Gasteiger partial charge in [-0.3, -0.25) is 0 Å². The number of nitriles is 1. The molecule has 0 aliphatic carbocycles. The predicted molar refractivity (Wildman–Crippen MR) is 118 cm³/mol. The van der Waals surface area contributed by atoms with E-state index >= 15 is 0 Å². The molecule has 0 radical (unpaired) electrons. The van der Waals surface area contributed by atoms with Gasteiger partial charge >= 0.3 is 0 Å². The molecule has 2 N–H and O–H groups in total. The summed E-state index contributed by atoms with van der Waals surface area (Å²) in [5.74, 6) is 0. The van der Waals surface area contributed by atoms with E-state index in [-0.39, 0.29) is 5.41 Å². The number of nitrogens with zero attached hydrogens (tertiary/aromatic N) is 2. The SMILES string of the molecule is CC(C)(C)c1cc(-c2ccc(C#N)cc2)c2nc(-c3ccccc3N)sc2c1. The van der Waals surface area contributed by atoms with Crippen molar-refractivity contribution >= 4 is 27.2 Å². The zero-order valence-electron chi connectivity index (χ0n) is 16.2. The van der Waals surface area contributed by atoms with E-state index in [2.05, 4.69) is 39.0 Å². The lowest BCUT2D eigenvalue weighted by Gasteiger charge is -2.20. The number of hydrogen-bond donors (Lipinski definition) is 1. The van der Waals surface area contributed by atoms with Crippen LogP contribution in [0.5, 0.6) is 0 Å². The Balaban J connectivity index is 1.98. The van der Waals surface area contributed by atoms with Crippen molar-refractivity contribution in [3.05, 3.63) is 71.8 Å². The van der Waals surface area contributed by atoms with Gasteiger partial charge in [0.25, 0.3) is 0 Å². The topological polar surface area (TPSA) is 62.7 Å². The molecular weight excluding hydrogens is 362 g/mol. The summed E-state index contributed by atoms with van der Waals surface area (Å²) >= 11 is 1.67. The van der Waals surface area contributed by atoms with Crippen molar-refractivity contribution in [2.75, 3.05) is 5.73 Å². The molecule has 3 aromatic carbocycles. The van der Waals surface area contributed by atoms with Crippen molar-refractivity contribution in [2.45, 2.75) is 26.2 Å². The predicted octanol–water partition coefficient (Wildman–Crippen LogP) is 6.38. The van der Waals surface area contributed by atoms with E-state index in [9.17, 15) is 0 Å². The molecule has 4 heteroatoms. The van der Waals surface area contributed by atoms with Crippen molar-refractivity contribution in [1.82, 2.24) is 4.98 Å². The molecule has 0 unspecified atom stereocenters. The van der Waals surface area contributed by atoms with Crippen LogP contribution >= 0.6 is 11.3 Å². The van der Waals surface area contributed by atoms with E-state index in [1.165, 1.54) is 5.56 Å². The number of benzene rings is 3. The van der Waals surface area contributed by atoms with Crippen molar-refractivity contribution < 1.29 is 0 Å². The Labute approximate surface area is 169 Å². The quantitative estimate of drug-likeness (QED) is 0.408. The van der Waals surface area contributed by atoms with Gasteiger partial charge in [-0.05, 0) is 52.9 Å². The lowest BCUT2D eigenvalue weighted by molar-refractivity contribution is 0.591. The highest BCUT2D eigenvalue weighted by atomic mass is 32.1. The number of nitrogen functional groups attached to an aromatic ring is 1. The number of rotatable bonds is 2. The molecule has 0 amide bonds. The van der Waals surface area contributed by atoms with Crippen LogP contribution < -0.4 is 5.73 Å². The second-order valence-corrected chi connectivity index (χ2v) is 8.95. The Kier molecular flexibility index (Phi) is 4.41. The van der Waals surface area contributed by atoms with E-state index < -0.39 is 0 Å². The fraction of sp³-hybridized carbons (Fsp3) is 0.167. The van der Waals surface area contributed by atoms with Crippen molar-refractivity contribution in [3.63, 3.8) is 0 Å². The molecule has 0 bridgehead atoms. The molecule has 3 nitrogen and oxygen atoms in total. The number of nitrogens with two attached hydrogens (primary N) is 1. The molecule has 0 fully saturated rings. The first-order valence-electron chi connectivity index (χ1n) is 9.17. The van der Waals surface area contributed by atoms with E-state index in [4.69, 9.17) is 16.0 Å². The van der Waals surface area contributed by atoms with Crippen LogP contribution in [0.3, 0.4) is 0 Å². The van der Waals surface area contributed by atoms with E-state index in [0.29, 0.717) is 5.56 Å². The number of fused-ring (bicyclic) bond motifs is 1. The normalized spacial score (nSPS) is 11.5. The van der Waals surface area contributed by atoms with Gasteiger partial charge in [0.2, 0.25) is 0 Å². The Bertz CT molecular complexity index is 1210.